The lowest BCUT2D eigenvalue weighted by atomic mass is 10.1. The molecule has 4 heteroatoms. The van der Waals surface area contributed by atoms with Crippen molar-refractivity contribution < 1.29 is 14.3 Å². The Bertz CT molecular complexity index is 608. The van der Waals surface area contributed by atoms with Gasteiger partial charge in [-0.05, 0) is 43.7 Å². The van der Waals surface area contributed by atoms with Crippen LogP contribution in [0.4, 0.5) is 0 Å². The highest BCUT2D eigenvalue weighted by atomic mass is 16.5. The summed E-state index contributed by atoms with van der Waals surface area (Å²) in [6.07, 6.45) is 0. The SMILES string of the molecule is CCOc1ccc(OCC(=O)NCc2cccc(C)c2)cc1. The molecular weight excluding hydrogens is 278 g/mol. The van der Waals surface area contributed by atoms with Crippen molar-refractivity contribution in [2.24, 2.45) is 0 Å². The van der Waals surface area contributed by atoms with Gasteiger partial charge >= 0.3 is 0 Å². The van der Waals surface area contributed by atoms with E-state index in [2.05, 4.69) is 5.32 Å². The number of rotatable bonds is 7. The van der Waals surface area contributed by atoms with Gasteiger partial charge in [0.05, 0.1) is 6.61 Å². The monoisotopic (exact) mass is 299 g/mol. The van der Waals surface area contributed by atoms with Gasteiger partial charge in [0, 0.05) is 6.54 Å². The lowest BCUT2D eigenvalue weighted by molar-refractivity contribution is -0.123. The van der Waals surface area contributed by atoms with Gasteiger partial charge in [-0.15, -0.1) is 0 Å². The smallest absolute Gasteiger partial charge is 0.258 e. The zero-order valence-electron chi connectivity index (χ0n) is 13.0. The Morgan fingerprint density at radius 2 is 1.73 bits per heavy atom. The van der Waals surface area contributed by atoms with Gasteiger partial charge in [-0.2, -0.15) is 0 Å². The van der Waals surface area contributed by atoms with Gasteiger partial charge in [-0.1, -0.05) is 29.8 Å². The molecule has 0 atom stereocenters. The van der Waals surface area contributed by atoms with Crippen LogP contribution in [0.25, 0.3) is 0 Å². The summed E-state index contributed by atoms with van der Waals surface area (Å²) in [5, 5.41) is 2.84. The third kappa shape index (κ3) is 5.13. The van der Waals surface area contributed by atoms with Crippen LogP contribution >= 0.6 is 0 Å². The molecule has 2 rings (SSSR count). The predicted molar refractivity (Wildman–Crippen MR) is 86.1 cm³/mol. The van der Waals surface area contributed by atoms with E-state index in [9.17, 15) is 4.79 Å². The molecule has 22 heavy (non-hydrogen) atoms. The molecule has 0 unspecified atom stereocenters. The van der Waals surface area contributed by atoms with Gasteiger partial charge in [-0.3, -0.25) is 4.79 Å². The predicted octanol–water partition coefficient (Wildman–Crippen LogP) is 3.09. The summed E-state index contributed by atoms with van der Waals surface area (Å²) in [6, 6.07) is 15.3. The van der Waals surface area contributed by atoms with Crippen LogP contribution in [0, 0.1) is 6.92 Å². The van der Waals surface area contributed by atoms with E-state index in [1.54, 1.807) is 12.1 Å². The highest BCUT2D eigenvalue weighted by Gasteiger charge is 2.03. The van der Waals surface area contributed by atoms with E-state index < -0.39 is 0 Å². The minimum atomic E-state index is -0.143. The zero-order chi connectivity index (χ0) is 15.8. The van der Waals surface area contributed by atoms with Crippen molar-refractivity contribution in [3.8, 4) is 11.5 Å². The van der Waals surface area contributed by atoms with Gasteiger partial charge in [-0.25, -0.2) is 0 Å². The molecular formula is C18H21NO3. The number of amides is 1. The third-order valence-electron chi connectivity index (χ3n) is 3.08. The van der Waals surface area contributed by atoms with Gasteiger partial charge in [0.25, 0.3) is 5.91 Å². The minimum Gasteiger partial charge on any atom is -0.494 e. The number of benzene rings is 2. The Balaban J connectivity index is 1.75. The molecule has 2 aromatic rings. The molecule has 116 valence electrons. The number of nitrogens with one attached hydrogen (secondary N) is 1. The van der Waals surface area contributed by atoms with E-state index in [-0.39, 0.29) is 12.5 Å². The van der Waals surface area contributed by atoms with Crippen LogP contribution in [0.3, 0.4) is 0 Å². The molecule has 2 aromatic carbocycles. The molecule has 0 aliphatic rings. The van der Waals surface area contributed by atoms with Crippen LogP contribution in [0.2, 0.25) is 0 Å². The summed E-state index contributed by atoms with van der Waals surface area (Å²) in [5.74, 6) is 1.29. The summed E-state index contributed by atoms with van der Waals surface area (Å²) in [7, 11) is 0. The van der Waals surface area contributed by atoms with Gasteiger partial charge < -0.3 is 14.8 Å². The molecule has 0 aliphatic heterocycles. The topological polar surface area (TPSA) is 47.6 Å². The molecule has 0 bridgehead atoms. The fraction of sp³-hybridized carbons (Fsp3) is 0.278. The largest absolute Gasteiger partial charge is 0.494 e. The van der Waals surface area contributed by atoms with Crippen molar-refractivity contribution in [2.75, 3.05) is 13.2 Å². The normalized spacial score (nSPS) is 10.1. The van der Waals surface area contributed by atoms with Crippen LogP contribution in [0.1, 0.15) is 18.1 Å². The van der Waals surface area contributed by atoms with Crippen molar-refractivity contribution in [2.45, 2.75) is 20.4 Å². The quantitative estimate of drug-likeness (QED) is 0.854. The van der Waals surface area contributed by atoms with Crippen LogP contribution in [0.5, 0.6) is 11.5 Å². The third-order valence-corrected chi connectivity index (χ3v) is 3.08. The van der Waals surface area contributed by atoms with Crippen LogP contribution in [-0.2, 0) is 11.3 Å². The van der Waals surface area contributed by atoms with Crippen molar-refractivity contribution >= 4 is 5.91 Å². The Kier molecular flexibility index (Phi) is 5.83. The number of carbonyl (C=O) groups is 1. The highest BCUT2D eigenvalue weighted by molar-refractivity contribution is 5.77. The molecule has 0 saturated heterocycles. The molecule has 4 nitrogen and oxygen atoms in total. The maximum absolute atomic E-state index is 11.8. The fourth-order valence-corrected chi connectivity index (χ4v) is 2.02. The van der Waals surface area contributed by atoms with Crippen molar-refractivity contribution in [3.05, 3.63) is 59.7 Å². The summed E-state index contributed by atoms with van der Waals surface area (Å²) in [5.41, 5.74) is 2.26. The van der Waals surface area contributed by atoms with Gasteiger partial charge in [0.2, 0.25) is 0 Å². The lowest BCUT2D eigenvalue weighted by Crippen LogP contribution is -2.28. The van der Waals surface area contributed by atoms with E-state index in [0.29, 0.717) is 18.9 Å². The first-order valence-corrected chi connectivity index (χ1v) is 7.35. The maximum Gasteiger partial charge on any atom is 0.258 e. The second-order valence-corrected chi connectivity index (χ2v) is 4.96. The molecule has 0 aromatic heterocycles. The Morgan fingerprint density at radius 3 is 2.36 bits per heavy atom. The first kappa shape index (κ1) is 15.9. The number of carbonyl (C=O) groups excluding carboxylic acids is 1. The van der Waals surface area contributed by atoms with E-state index in [4.69, 9.17) is 9.47 Å². The number of ether oxygens (including phenoxy) is 2. The van der Waals surface area contributed by atoms with E-state index >= 15 is 0 Å². The first-order chi connectivity index (χ1) is 10.7. The van der Waals surface area contributed by atoms with Crippen molar-refractivity contribution in [3.63, 3.8) is 0 Å². The summed E-state index contributed by atoms with van der Waals surface area (Å²) in [6.45, 7) is 5.10. The number of aryl methyl sites for hydroxylation is 1. The number of hydrogen-bond acceptors (Lipinski definition) is 3. The summed E-state index contributed by atoms with van der Waals surface area (Å²) >= 11 is 0. The minimum absolute atomic E-state index is 0.000201. The van der Waals surface area contributed by atoms with Crippen LogP contribution in [0.15, 0.2) is 48.5 Å². The summed E-state index contributed by atoms with van der Waals surface area (Å²) < 4.78 is 10.8. The standard InChI is InChI=1S/C18H21NO3/c1-3-21-16-7-9-17(10-8-16)22-13-18(20)19-12-15-6-4-5-14(2)11-15/h4-11H,3,12-13H2,1-2H3,(H,19,20). The van der Waals surface area contributed by atoms with E-state index in [0.717, 1.165) is 11.3 Å². The van der Waals surface area contributed by atoms with E-state index in [1.807, 2.05) is 50.2 Å². The molecule has 0 aliphatic carbocycles. The first-order valence-electron chi connectivity index (χ1n) is 7.35. The molecule has 0 radical (unpaired) electrons. The Labute approximate surface area is 131 Å². The van der Waals surface area contributed by atoms with Crippen molar-refractivity contribution in [1.82, 2.24) is 5.32 Å². The number of hydrogen-bond donors (Lipinski definition) is 1. The summed E-state index contributed by atoms with van der Waals surface area (Å²) in [4.78, 5) is 11.8. The maximum atomic E-state index is 11.8. The van der Waals surface area contributed by atoms with E-state index in [1.165, 1.54) is 5.56 Å². The molecule has 0 heterocycles. The fourth-order valence-electron chi connectivity index (χ4n) is 2.02. The molecule has 0 fully saturated rings. The molecule has 1 N–H and O–H groups in total. The zero-order valence-corrected chi connectivity index (χ0v) is 13.0. The second-order valence-electron chi connectivity index (χ2n) is 4.96. The van der Waals surface area contributed by atoms with Gasteiger partial charge in [0.1, 0.15) is 11.5 Å². The van der Waals surface area contributed by atoms with Crippen LogP contribution < -0.4 is 14.8 Å². The van der Waals surface area contributed by atoms with Crippen molar-refractivity contribution in [1.29, 1.82) is 0 Å². The van der Waals surface area contributed by atoms with Gasteiger partial charge in [0.15, 0.2) is 6.61 Å². The molecule has 0 saturated carbocycles. The average Bonchev–Trinajstić information content (AvgIpc) is 2.53. The van der Waals surface area contributed by atoms with Crippen LogP contribution in [-0.4, -0.2) is 19.1 Å². The Morgan fingerprint density at radius 1 is 1.05 bits per heavy atom. The highest BCUT2D eigenvalue weighted by Crippen LogP contribution is 2.17. The molecule has 0 spiro atoms. The second kappa shape index (κ2) is 8.08. The molecule has 1 amide bonds. The Hall–Kier alpha value is -2.49. The average molecular weight is 299 g/mol. The lowest BCUT2D eigenvalue weighted by Gasteiger charge is -2.09.